The summed E-state index contributed by atoms with van der Waals surface area (Å²) in [6.45, 7) is 0.0911. The van der Waals surface area contributed by atoms with Crippen molar-refractivity contribution in [3.8, 4) is 11.8 Å². The van der Waals surface area contributed by atoms with E-state index in [0.29, 0.717) is 5.56 Å². The van der Waals surface area contributed by atoms with Gasteiger partial charge in [-0.05, 0) is 54.1 Å². The minimum absolute atomic E-state index is 0.0911. The van der Waals surface area contributed by atoms with Gasteiger partial charge in [-0.25, -0.2) is 0 Å². The second-order valence-corrected chi connectivity index (χ2v) is 7.67. The third-order valence-electron chi connectivity index (χ3n) is 4.90. The first-order valence-electron chi connectivity index (χ1n) is 9.95. The molecule has 1 aliphatic rings. The number of benzene rings is 3. The van der Waals surface area contributed by atoms with Crippen molar-refractivity contribution in [3.05, 3.63) is 100 Å². The van der Waals surface area contributed by atoms with Crippen molar-refractivity contribution in [2.24, 2.45) is 5.10 Å². The van der Waals surface area contributed by atoms with Gasteiger partial charge >= 0.3 is 6.18 Å². The van der Waals surface area contributed by atoms with Crippen molar-refractivity contribution in [1.82, 2.24) is 0 Å². The highest BCUT2D eigenvalue weighted by Gasteiger charge is 2.46. The van der Waals surface area contributed by atoms with E-state index in [1.54, 1.807) is 42.5 Å². The number of anilines is 1. The number of hydrogen-bond donors (Lipinski definition) is 0. The van der Waals surface area contributed by atoms with E-state index in [4.69, 9.17) is 21.6 Å². The Balaban J connectivity index is 1.69. The maximum Gasteiger partial charge on any atom is 0.435 e. The van der Waals surface area contributed by atoms with Crippen LogP contribution in [0.2, 0.25) is 5.02 Å². The minimum Gasteiger partial charge on any atom is -0.488 e. The van der Waals surface area contributed by atoms with Gasteiger partial charge in [-0.15, -0.1) is 0 Å². The van der Waals surface area contributed by atoms with Gasteiger partial charge in [0.25, 0.3) is 5.91 Å². The lowest BCUT2D eigenvalue weighted by Crippen LogP contribution is -2.25. The molecule has 0 saturated heterocycles. The van der Waals surface area contributed by atoms with Crippen molar-refractivity contribution >= 4 is 35.0 Å². The van der Waals surface area contributed by atoms with Gasteiger partial charge in [0.1, 0.15) is 12.4 Å². The van der Waals surface area contributed by atoms with Gasteiger partial charge in [0.05, 0.1) is 22.9 Å². The number of carbonyl (C=O) groups is 1. The lowest BCUT2D eigenvalue weighted by Gasteiger charge is -2.12. The Labute approximate surface area is 197 Å². The molecule has 0 atom stereocenters. The first-order valence-corrected chi connectivity index (χ1v) is 10.3. The first-order chi connectivity index (χ1) is 16.3. The van der Waals surface area contributed by atoms with Crippen LogP contribution in [0.5, 0.6) is 5.75 Å². The van der Waals surface area contributed by atoms with Crippen molar-refractivity contribution in [1.29, 1.82) is 5.26 Å². The monoisotopic (exact) mass is 481 g/mol. The molecule has 0 aliphatic carbocycles. The largest absolute Gasteiger partial charge is 0.488 e. The van der Waals surface area contributed by atoms with Gasteiger partial charge in [-0.3, -0.25) is 4.79 Å². The number of amides is 1. The van der Waals surface area contributed by atoms with Crippen LogP contribution in [-0.4, -0.2) is 17.8 Å². The zero-order valence-electron chi connectivity index (χ0n) is 17.4. The molecule has 0 saturated carbocycles. The average molecular weight is 482 g/mol. The Kier molecular flexibility index (Phi) is 6.39. The molecule has 0 radical (unpaired) electrons. The molecule has 0 unspecified atom stereocenters. The molecule has 1 heterocycles. The summed E-state index contributed by atoms with van der Waals surface area (Å²) in [7, 11) is 0. The number of rotatable bonds is 5. The second-order valence-electron chi connectivity index (χ2n) is 7.24. The second kappa shape index (κ2) is 9.41. The maximum absolute atomic E-state index is 13.8. The van der Waals surface area contributed by atoms with Gasteiger partial charge in [0.2, 0.25) is 0 Å². The van der Waals surface area contributed by atoms with Crippen molar-refractivity contribution in [2.75, 3.05) is 5.01 Å². The molecule has 0 aromatic heterocycles. The zero-order valence-corrected chi connectivity index (χ0v) is 18.1. The number of carbonyl (C=O) groups excluding carboxylic acids is 1. The highest BCUT2D eigenvalue weighted by atomic mass is 35.5. The van der Waals surface area contributed by atoms with E-state index in [2.05, 4.69) is 5.10 Å². The summed E-state index contributed by atoms with van der Waals surface area (Å²) >= 11 is 6.08. The molecule has 9 heteroatoms. The fraction of sp³-hybridized carbons (Fsp3) is 0.0800. The number of nitriles is 1. The standard InChI is InChI=1S/C25H15ClF3N3O2/c26-19-10-11-22(34-15-17-8-6-16(14-30)7-9-17)18(12-19)13-21-23(25(27,28)29)31-32(24(21)33)20-4-2-1-3-5-20/h1-13H,15H2/b21-13-. The van der Waals surface area contributed by atoms with Crippen LogP contribution in [0.15, 0.2) is 83.5 Å². The van der Waals surface area contributed by atoms with Crippen LogP contribution in [0.3, 0.4) is 0 Å². The van der Waals surface area contributed by atoms with E-state index in [0.717, 1.165) is 16.6 Å². The lowest BCUT2D eigenvalue weighted by molar-refractivity contribution is -0.114. The maximum atomic E-state index is 13.8. The minimum atomic E-state index is -4.85. The molecule has 1 amide bonds. The Morgan fingerprint density at radius 3 is 2.41 bits per heavy atom. The quantitative estimate of drug-likeness (QED) is 0.411. The van der Waals surface area contributed by atoms with Crippen LogP contribution < -0.4 is 9.75 Å². The number of nitrogens with zero attached hydrogens (tertiary/aromatic N) is 3. The molecule has 0 spiro atoms. The van der Waals surface area contributed by atoms with Crippen LogP contribution in [0.4, 0.5) is 18.9 Å². The molecular formula is C25H15ClF3N3O2. The fourth-order valence-electron chi connectivity index (χ4n) is 3.25. The predicted octanol–water partition coefficient (Wildman–Crippen LogP) is 6.14. The normalized spacial score (nSPS) is 14.8. The summed E-state index contributed by atoms with van der Waals surface area (Å²) in [5, 5.41) is 13.4. The van der Waals surface area contributed by atoms with E-state index in [1.165, 1.54) is 30.3 Å². The third kappa shape index (κ3) is 4.95. The molecule has 34 heavy (non-hydrogen) atoms. The van der Waals surface area contributed by atoms with Gasteiger partial charge in [-0.2, -0.15) is 28.5 Å². The molecule has 3 aromatic rings. The van der Waals surface area contributed by atoms with E-state index in [9.17, 15) is 18.0 Å². The number of alkyl halides is 3. The molecule has 5 nitrogen and oxygen atoms in total. The summed E-state index contributed by atoms with van der Waals surface area (Å²) in [5.41, 5.74) is -0.293. The Hall–Kier alpha value is -4.09. The first kappa shape index (κ1) is 23.1. The van der Waals surface area contributed by atoms with Crippen LogP contribution in [0.25, 0.3) is 6.08 Å². The third-order valence-corrected chi connectivity index (χ3v) is 5.13. The average Bonchev–Trinajstić information content (AvgIpc) is 3.16. The van der Waals surface area contributed by atoms with Crippen LogP contribution in [-0.2, 0) is 11.4 Å². The van der Waals surface area contributed by atoms with Crippen molar-refractivity contribution in [3.63, 3.8) is 0 Å². The lowest BCUT2D eigenvalue weighted by atomic mass is 10.0. The fourth-order valence-corrected chi connectivity index (χ4v) is 3.43. The molecule has 0 fully saturated rings. The topological polar surface area (TPSA) is 65.7 Å². The summed E-state index contributed by atoms with van der Waals surface area (Å²) in [6, 6.07) is 21.0. The molecular weight excluding hydrogens is 467 g/mol. The smallest absolute Gasteiger partial charge is 0.435 e. The summed E-state index contributed by atoms with van der Waals surface area (Å²) in [5.74, 6) is -0.690. The highest BCUT2D eigenvalue weighted by molar-refractivity contribution is 6.34. The Bertz CT molecular complexity index is 1330. The van der Waals surface area contributed by atoms with E-state index >= 15 is 0 Å². The highest BCUT2D eigenvalue weighted by Crippen LogP contribution is 2.34. The molecule has 0 bridgehead atoms. The van der Waals surface area contributed by atoms with E-state index in [1.807, 2.05) is 6.07 Å². The summed E-state index contributed by atoms with van der Waals surface area (Å²) in [6.07, 6.45) is -3.77. The number of para-hydroxylation sites is 1. The van der Waals surface area contributed by atoms with Crippen LogP contribution in [0, 0.1) is 11.3 Å². The zero-order chi connectivity index (χ0) is 24.3. The SMILES string of the molecule is N#Cc1ccc(COc2ccc(Cl)cc2/C=C2\C(=O)N(c3ccccc3)N=C2C(F)(F)F)cc1. The van der Waals surface area contributed by atoms with Crippen LogP contribution in [0.1, 0.15) is 16.7 Å². The molecule has 4 rings (SSSR count). The van der Waals surface area contributed by atoms with Crippen molar-refractivity contribution in [2.45, 2.75) is 12.8 Å². The van der Waals surface area contributed by atoms with Gasteiger partial charge in [-0.1, -0.05) is 41.9 Å². The molecule has 1 aliphatic heterocycles. The molecule has 3 aromatic carbocycles. The van der Waals surface area contributed by atoms with E-state index < -0.39 is 23.4 Å². The van der Waals surface area contributed by atoms with E-state index in [-0.39, 0.29) is 28.6 Å². The Morgan fingerprint density at radius 2 is 1.76 bits per heavy atom. The molecule has 170 valence electrons. The van der Waals surface area contributed by atoms with Crippen LogP contribution >= 0.6 is 11.6 Å². The number of halogens is 4. The predicted molar refractivity (Wildman–Crippen MR) is 122 cm³/mol. The number of hydrogen-bond acceptors (Lipinski definition) is 4. The summed E-state index contributed by atoms with van der Waals surface area (Å²) in [4.78, 5) is 12.9. The van der Waals surface area contributed by atoms with Gasteiger partial charge in [0, 0.05) is 10.6 Å². The van der Waals surface area contributed by atoms with Gasteiger partial charge in [0.15, 0.2) is 5.71 Å². The Morgan fingerprint density at radius 1 is 1.06 bits per heavy atom. The van der Waals surface area contributed by atoms with Crippen molar-refractivity contribution < 1.29 is 22.7 Å². The van der Waals surface area contributed by atoms with Gasteiger partial charge < -0.3 is 4.74 Å². The molecule has 0 N–H and O–H groups in total. The summed E-state index contributed by atoms with van der Waals surface area (Å²) < 4.78 is 47.1. The number of ether oxygens (including phenoxy) is 1. The number of hydrazone groups is 1.